The van der Waals surface area contributed by atoms with Crippen molar-refractivity contribution in [2.45, 2.75) is 19.8 Å². The van der Waals surface area contributed by atoms with Gasteiger partial charge < -0.3 is 4.52 Å². The average Bonchev–Trinajstić information content (AvgIpc) is 2.77. The zero-order valence-corrected chi connectivity index (χ0v) is 9.50. The molecule has 0 aromatic carbocycles. The van der Waals surface area contributed by atoms with Gasteiger partial charge in [-0.3, -0.25) is 4.98 Å². The smallest absolute Gasteiger partial charge is 0.227 e. The van der Waals surface area contributed by atoms with Gasteiger partial charge in [0.15, 0.2) is 5.82 Å². The van der Waals surface area contributed by atoms with E-state index >= 15 is 0 Å². The molecule has 0 aliphatic heterocycles. The van der Waals surface area contributed by atoms with Crippen LogP contribution in [-0.4, -0.2) is 15.1 Å². The highest BCUT2D eigenvalue weighted by Crippen LogP contribution is 2.08. The summed E-state index contributed by atoms with van der Waals surface area (Å²) in [5.41, 5.74) is 1.08. The van der Waals surface area contributed by atoms with Crippen molar-refractivity contribution in [1.29, 1.82) is 5.26 Å². The first kappa shape index (κ1) is 11.3. The van der Waals surface area contributed by atoms with Crippen LogP contribution < -0.4 is 0 Å². The summed E-state index contributed by atoms with van der Waals surface area (Å²) in [5, 5.41) is 12.6. The molecule has 0 N–H and O–H groups in total. The third-order valence-electron chi connectivity index (χ3n) is 2.32. The zero-order chi connectivity index (χ0) is 12.1. The van der Waals surface area contributed by atoms with Gasteiger partial charge in [-0.05, 0) is 24.6 Å². The van der Waals surface area contributed by atoms with E-state index in [2.05, 4.69) is 21.2 Å². The van der Waals surface area contributed by atoms with Crippen LogP contribution in [0, 0.1) is 17.2 Å². The summed E-state index contributed by atoms with van der Waals surface area (Å²) in [7, 11) is 0. The van der Waals surface area contributed by atoms with Crippen LogP contribution in [-0.2, 0) is 12.8 Å². The van der Waals surface area contributed by atoms with Crippen LogP contribution in [0.3, 0.4) is 0 Å². The molecule has 2 aromatic rings. The van der Waals surface area contributed by atoms with Gasteiger partial charge in [0.2, 0.25) is 5.89 Å². The predicted molar refractivity (Wildman–Crippen MR) is 59.8 cm³/mol. The van der Waals surface area contributed by atoms with Gasteiger partial charge in [-0.1, -0.05) is 5.16 Å². The van der Waals surface area contributed by atoms with E-state index in [1.807, 2.05) is 19.1 Å². The van der Waals surface area contributed by atoms with Crippen molar-refractivity contribution >= 4 is 0 Å². The first-order valence-corrected chi connectivity index (χ1v) is 5.38. The molecule has 5 heteroatoms. The molecule has 0 aliphatic carbocycles. The van der Waals surface area contributed by atoms with Crippen molar-refractivity contribution < 1.29 is 4.52 Å². The van der Waals surface area contributed by atoms with Crippen molar-refractivity contribution in [3.63, 3.8) is 0 Å². The Kier molecular flexibility index (Phi) is 3.46. The van der Waals surface area contributed by atoms with Crippen molar-refractivity contribution in [1.82, 2.24) is 15.1 Å². The first-order chi connectivity index (χ1) is 8.28. The Labute approximate surface area is 99.1 Å². The van der Waals surface area contributed by atoms with Gasteiger partial charge in [0, 0.05) is 25.2 Å². The molecule has 5 nitrogen and oxygen atoms in total. The maximum Gasteiger partial charge on any atom is 0.227 e. The van der Waals surface area contributed by atoms with Gasteiger partial charge in [0.05, 0.1) is 12.0 Å². The fourth-order valence-corrected chi connectivity index (χ4v) is 1.44. The molecule has 0 spiro atoms. The Morgan fingerprint density at radius 1 is 1.41 bits per heavy atom. The number of nitrogens with zero attached hydrogens (tertiary/aromatic N) is 4. The molecule has 1 unspecified atom stereocenters. The molecule has 2 rings (SSSR count). The van der Waals surface area contributed by atoms with E-state index in [4.69, 9.17) is 9.78 Å². The Morgan fingerprint density at radius 3 is 2.88 bits per heavy atom. The minimum Gasteiger partial charge on any atom is -0.339 e. The van der Waals surface area contributed by atoms with Crippen LogP contribution in [0.25, 0.3) is 0 Å². The van der Waals surface area contributed by atoms with Crippen LogP contribution in [0.4, 0.5) is 0 Å². The van der Waals surface area contributed by atoms with E-state index in [0.29, 0.717) is 24.6 Å². The molecular weight excluding hydrogens is 216 g/mol. The summed E-state index contributed by atoms with van der Waals surface area (Å²) in [6, 6.07) is 5.96. The molecule has 0 aliphatic rings. The molecule has 2 heterocycles. The standard InChI is InChI=1S/C12H12N4O/c1-9(8-13)6-12-15-11(16-17-12)7-10-2-4-14-5-3-10/h2-5,9H,6-7H2,1H3. The lowest BCUT2D eigenvalue weighted by Crippen LogP contribution is -1.97. The molecule has 86 valence electrons. The van der Waals surface area contributed by atoms with Crippen LogP contribution >= 0.6 is 0 Å². The molecule has 0 saturated heterocycles. The first-order valence-electron chi connectivity index (χ1n) is 5.38. The van der Waals surface area contributed by atoms with Crippen LogP contribution in [0.5, 0.6) is 0 Å². The molecule has 0 amide bonds. The lowest BCUT2D eigenvalue weighted by Gasteiger charge is -1.94. The van der Waals surface area contributed by atoms with Crippen LogP contribution in [0.2, 0.25) is 0 Å². The summed E-state index contributed by atoms with van der Waals surface area (Å²) in [6.45, 7) is 1.83. The molecule has 17 heavy (non-hydrogen) atoms. The van der Waals surface area contributed by atoms with Crippen LogP contribution in [0.15, 0.2) is 29.0 Å². The monoisotopic (exact) mass is 228 g/mol. The second-order valence-electron chi connectivity index (χ2n) is 3.87. The molecule has 0 saturated carbocycles. The van der Waals surface area contributed by atoms with E-state index in [-0.39, 0.29) is 5.92 Å². The van der Waals surface area contributed by atoms with Gasteiger partial charge in [-0.2, -0.15) is 10.2 Å². The van der Waals surface area contributed by atoms with E-state index in [9.17, 15) is 0 Å². The fraction of sp³-hybridized carbons (Fsp3) is 0.333. The van der Waals surface area contributed by atoms with E-state index in [1.165, 1.54) is 0 Å². The van der Waals surface area contributed by atoms with E-state index < -0.39 is 0 Å². The Hall–Kier alpha value is -2.22. The highest BCUT2D eigenvalue weighted by atomic mass is 16.5. The van der Waals surface area contributed by atoms with Crippen molar-refractivity contribution in [3.8, 4) is 6.07 Å². The van der Waals surface area contributed by atoms with Gasteiger partial charge >= 0.3 is 0 Å². The predicted octanol–water partition coefficient (Wildman–Crippen LogP) is 1.76. The minimum atomic E-state index is -0.107. The van der Waals surface area contributed by atoms with Crippen LogP contribution in [0.1, 0.15) is 24.2 Å². The van der Waals surface area contributed by atoms with Gasteiger partial charge in [-0.15, -0.1) is 0 Å². The summed E-state index contributed by atoms with van der Waals surface area (Å²) >= 11 is 0. The average molecular weight is 228 g/mol. The van der Waals surface area contributed by atoms with Crippen molar-refractivity contribution in [2.75, 3.05) is 0 Å². The fourth-order valence-electron chi connectivity index (χ4n) is 1.44. The number of aromatic nitrogens is 3. The minimum absolute atomic E-state index is 0.107. The van der Waals surface area contributed by atoms with Gasteiger partial charge in [-0.25, -0.2) is 0 Å². The van der Waals surface area contributed by atoms with Gasteiger partial charge in [0.1, 0.15) is 0 Å². The second-order valence-corrected chi connectivity index (χ2v) is 3.87. The Bertz CT molecular complexity index is 515. The number of pyridine rings is 1. The molecule has 1 atom stereocenters. The lowest BCUT2D eigenvalue weighted by atomic mass is 10.1. The van der Waals surface area contributed by atoms with Crippen molar-refractivity contribution in [2.24, 2.45) is 5.92 Å². The number of hydrogen-bond acceptors (Lipinski definition) is 5. The SMILES string of the molecule is CC(C#N)Cc1nc(Cc2ccncc2)no1. The molecule has 0 fully saturated rings. The van der Waals surface area contributed by atoms with Crippen molar-refractivity contribution in [3.05, 3.63) is 41.8 Å². The topological polar surface area (TPSA) is 75.6 Å². The summed E-state index contributed by atoms with van der Waals surface area (Å²) < 4.78 is 5.08. The highest BCUT2D eigenvalue weighted by Gasteiger charge is 2.10. The molecule has 2 aromatic heterocycles. The summed E-state index contributed by atoms with van der Waals surface area (Å²) in [4.78, 5) is 8.19. The summed E-state index contributed by atoms with van der Waals surface area (Å²) in [6.07, 6.45) is 4.58. The normalized spacial score (nSPS) is 12.0. The second kappa shape index (κ2) is 5.21. The third kappa shape index (κ3) is 3.11. The largest absolute Gasteiger partial charge is 0.339 e. The maximum absolute atomic E-state index is 8.69. The summed E-state index contributed by atoms with van der Waals surface area (Å²) in [5.74, 6) is 1.05. The number of rotatable bonds is 4. The maximum atomic E-state index is 8.69. The molecular formula is C12H12N4O. The Balaban J connectivity index is 2.02. The third-order valence-corrected chi connectivity index (χ3v) is 2.32. The van der Waals surface area contributed by atoms with Gasteiger partial charge in [0.25, 0.3) is 0 Å². The molecule has 0 radical (unpaired) electrons. The number of hydrogen-bond donors (Lipinski definition) is 0. The Morgan fingerprint density at radius 2 is 2.18 bits per heavy atom. The molecule has 0 bridgehead atoms. The van der Waals surface area contributed by atoms with E-state index in [0.717, 1.165) is 5.56 Å². The quantitative estimate of drug-likeness (QED) is 0.796. The number of nitriles is 1. The zero-order valence-electron chi connectivity index (χ0n) is 9.50. The van der Waals surface area contributed by atoms with E-state index in [1.54, 1.807) is 12.4 Å². The lowest BCUT2D eigenvalue weighted by molar-refractivity contribution is 0.365. The highest BCUT2D eigenvalue weighted by molar-refractivity contribution is 5.14.